The molecule has 1 aromatic heterocycles. The molecule has 0 bridgehead atoms. The van der Waals surface area contributed by atoms with Gasteiger partial charge in [-0.2, -0.15) is 5.10 Å². The fourth-order valence-electron chi connectivity index (χ4n) is 2.63. The Kier molecular flexibility index (Phi) is 4.42. The zero-order valence-electron chi connectivity index (χ0n) is 12.0. The van der Waals surface area contributed by atoms with Gasteiger partial charge in [0.15, 0.2) is 0 Å². The van der Waals surface area contributed by atoms with Crippen LogP contribution in [0.4, 0.5) is 0 Å². The van der Waals surface area contributed by atoms with E-state index < -0.39 is 11.9 Å². The third-order valence-corrected chi connectivity index (χ3v) is 3.97. The van der Waals surface area contributed by atoms with E-state index in [9.17, 15) is 9.59 Å². The summed E-state index contributed by atoms with van der Waals surface area (Å²) in [4.78, 5) is 24.8. The Hall–Kier alpha value is -1.85. The second-order valence-electron chi connectivity index (χ2n) is 5.23. The number of nitrogens with zero attached hydrogens (tertiary/aromatic N) is 3. The van der Waals surface area contributed by atoms with Crippen LogP contribution >= 0.6 is 0 Å². The molecule has 2 rings (SSSR count). The largest absolute Gasteiger partial charge is 0.481 e. The first kappa shape index (κ1) is 14.6. The van der Waals surface area contributed by atoms with E-state index in [1.165, 1.54) is 0 Å². The maximum absolute atomic E-state index is 12.3. The number of carbonyl (C=O) groups is 2. The molecule has 1 aliphatic rings. The van der Waals surface area contributed by atoms with Crippen molar-refractivity contribution in [3.63, 3.8) is 0 Å². The summed E-state index contributed by atoms with van der Waals surface area (Å²) in [5.74, 6) is -1.44. The molecule has 1 saturated heterocycles. The Morgan fingerprint density at radius 3 is 2.70 bits per heavy atom. The second-order valence-corrected chi connectivity index (χ2v) is 5.23. The number of aromatic nitrogens is 2. The molecule has 1 amide bonds. The maximum Gasteiger partial charge on any atom is 0.308 e. The van der Waals surface area contributed by atoms with E-state index >= 15 is 0 Å². The Bertz CT molecular complexity index is 494. The van der Waals surface area contributed by atoms with Crippen molar-refractivity contribution in [2.45, 2.75) is 39.2 Å². The fourth-order valence-corrected chi connectivity index (χ4v) is 2.63. The average molecular weight is 279 g/mol. The van der Waals surface area contributed by atoms with Gasteiger partial charge >= 0.3 is 5.97 Å². The summed E-state index contributed by atoms with van der Waals surface area (Å²) in [6.45, 7) is 4.96. The number of carboxylic acid groups (broad SMARTS) is 1. The Balaban J connectivity index is 2.05. The number of hydrogen-bond acceptors (Lipinski definition) is 3. The van der Waals surface area contributed by atoms with Crippen LogP contribution in [0.3, 0.4) is 0 Å². The lowest BCUT2D eigenvalue weighted by Crippen LogP contribution is -2.30. The highest BCUT2D eigenvalue weighted by Crippen LogP contribution is 2.19. The molecule has 0 aliphatic carbocycles. The number of aliphatic carboxylic acids is 1. The number of carbonyl (C=O) groups excluding carboxylic acids is 1. The Morgan fingerprint density at radius 2 is 2.15 bits per heavy atom. The van der Waals surface area contributed by atoms with Crippen LogP contribution in [0.2, 0.25) is 0 Å². The normalized spacial score (nSPS) is 18.8. The maximum atomic E-state index is 12.3. The SMILES string of the molecule is CCC(CC)n1ccc(C(=O)N2CCC(C(=O)O)C2)n1. The highest BCUT2D eigenvalue weighted by Gasteiger charge is 2.32. The topological polar surface area (TPSA) is 75.4 Å². The summed E-state index contributed by atoms with van der Waals surface area (Å²) in [7, 11) is 0. The van der Waals surface area contributed by atoms with Gasteiger partial charge in [-0.25, -0.2) is 0 Å². The Labute approximate surface area is 118 Å². The molecule has 0 spiro atoms. The first-order chi connectivity index (χ1) is 9.56. The molecular weight excluding hydrogens is 258 g/mol. The zero-order chi connectivity index (χ0) is 14.7. The van der Waals surface area contributed by atoms with Crippen molar-refractivity contribution in [3.8, 4) is 0 Å². The summed E-state index contributed by atoms with van der Waals surface area (Å²) in [5, 5.41) is 13.3. The summed E-state index contributed by atoms with van der Waals surface area (Å²) in [6.07, 6.45) is 4.29. The molecule has 6 heteroatoms. The van der Waals surface area contributed by atoms with Crippen molar-refractivity contribution in [2.75, 3.05) is 13.1 Å². The third-order valence-electron chi connectivity index (χ3n) is 3.97. The minimum absolute atomic E-state index is 0.168. The van der Waals surface area contributed by atoms with Crippen molar-refractivity contribution in [1.82, 2.24) is 14.7 Å². The lowest BCUT2D eigenvalue weighted by molar-refractivity contribution is -0.141. The van der Waals surface area contributed by atoms with E-state index in [-0.39, 0.29) is 12.5 Å². The molecule has 2 heterocycles. The third kappa shape index (κ3) is 2.84. The number of rotatable bonds is 5. The van der Waals surface area contributed by atoms with Crippen LogP contribution in [-0.4, -0.2) is 44.8 Å². The van der Waals surface area contributed by atoms with Gasteiger partial charge in [-0.1, -0.05) is 13.8 Å². The lowest BCUT2D eigenvalue weighted by Gasteiger charge is -2.15. The minimum Gasteiger partial charge on any atom is -0.481 e. The number of likely N-dealkylation sites (tertiary alicyclic amines) is 1. The van der Waals surface area contributed by atoms with Crippen LogP contribution in [0.25, 0.3) is 0 Å². The molecule has 1 unspecified atom stereocenters. The predicted octanol–water partition coefficient (Wildman–Crippen LogP) is 1.79. The van der Waals surface area contributed by atoms with Crippen molar-refractivity contribution < 1.29 is 14.7 Å². The van der Waals surface area contributed by atoms with E-state index in [0.29, 0.717) is 24.7 Å². The van der Waals surface area contributed by atoms with Crippen molar-refractivity contribution >= 4 is 11.9 Å². The van der Waals surface area contributed by atoms with E-state index in [1.807, 2.05) is 10.9 Å². The summed E-state index contributed by atoms with van der Waals surface area (Å²) in [6, 6.07) is 2.02. The van der Waals surface area contributed by atoms with Crippen molar-refractivity contribution in [3.05, 3.63) is 18.0 Å². The molecular formula is C14H21N3O3. The van der Waals surface area contributed by atoms with Gasteiger partial charge in [0.05, 0.1) is 12.0 Å². The van der Waals surface area contributed by atoms with Crippen LogP contribution in [0, 0.1) is 5.92 Å². The van der Waals surface area contributed by atoms with Gasteiger partial charge < -0.3 is 10.0 Å². The Morgan fingerprint density at radius 1 is 1.45 bits per heavy atom. The molecule has 1 aliphatic heterocycles. The van der Waals surface area contributed by atoms with E-state index in [4.69, 9.17) is 5.11 Å². The van der Waals surface area contributed by atoms with E-state index in [1.54, 1.807) is 11.0 Å². The zero-order valence-corrected chi connectivity index (χ0v) is 12.0. The van der Waals surface area contributed by atoms with Crippen molar-refractivity contribution in [2.24, 2.45) is 5.92 Å². The fraction of sp³-hybridized carbons (Fsp3) is 0.643. The molecule has 0 saturated carbocycles. The van der Waals surface area contributed by atoms with Gasteiger partial charge in [-0.05, 0) is 25.3 Å². The van der Waals surface area contributed by atoms with Gasteiger partial charge in [-0.15, -0.1) is 0 Å². The van der Waals surface area contributed by atoms with Gasteiger partial charge in [0.2, 0.25) is 0 Å². The predicted molar refractivity (Wildman–Crippen MR) is 73.5 cm³/mol. The number of carboxylic acids is 1. The van der Waals surface area contributed by atoms with Gasteiger partial charge in [0.25, 0.3) is 5.91 Å². The summed E-state index contributed by atoms with van der Waals surface area (Å²) < 4.78 is 1.83. The van der Waals surface area contributed by atoms with Gasteiger partial charge in [-0.3, -0.25) is 14.3 Å². The monoisotopic (exact) mass is 279 g/mol. The molecule has 0 aromatic carbocycles. The molecule has 20 heavy (non-hydrogen) atoms. The van der Waals surface area contributed by atoms with Crippen LogP contribution in [-0.2, 0) is 4.79 Å². The minimum atomic E-state index is -0.831. The smallest absolute Gasteiger partial charge is 0.308 e. The van der Waals surface area contributed by atoms with Crippen molar-refractivity contribution in [1.29, 1.82) is 0 Å². The van der Waals surface area contributed by atoms with Crippen LogP contribution in [0.15, 0.2) is 12.3 Å². The molecule has 110 valence electrons. The van der Waals surface area contributed by atoms with E-state index in [2.05, 4.69) is 18.9 Å². The molecule has 1 atom stereocenters. The number of hydrogen-bond donors (Lipinski definition) is 1. The molecule has 1 aromatic rings. The second kappa shape index (κ2) is 6.07. The lowest BCUT2D eigenvalue weighted by atomic mass is 10.1. The van der Waals surface area contributed by atoms with Crippen LogP contribution in [0.1, 0.15) is 49.6 Å². The number of amides is 1. The first-order valence-corrected chi connectivity index (χ1v) is 7.14. The molecule has 1 fully saturated rings. The van der Waals surface area contributed by atoms with Crippen LogP contribution < -0.4 is 0 Å². The standard InChI is InChI=1S/C14H21N3O3/c1-3-11(4-2)17-8-6-12(15-17)13(18)16-7-5-10(9-16)14(19)20/h6,8,10-11H,3-5,7,9H2,1-2H3,(H,19,20). The van der Waals surface area contributed by atoms with E-state index in [0.717, 1.165) is 12.8 Å². The highest BCUT2D eigenvalue weighted by molar-refractivity contribution is 5.92. The molecule has 6 nitrogen and oxygen atoms in total. The van der Waals surface area contributed by atoms with Gasteiger partial charge in [0, 0.05) is 19.3 Å². The molecule has 0 radical (unpaired) electrons. The van der Waals surface area contributed by atoms with Gasteiger partial charge in [0.1, 0.15) is 5.69 Å². The summed E-state index contributed by atoms with van der Waals surface area (Å²) in [5.41, 5.74) is 0.405. The summed E-state index contributed by atoms with van der Waals surface area (Å²) >= 11 is 0. The first-order valence-electron chi connectivity index (χ1n) is 7.14. The molecule has 1 N–H and O–H groups in total. The quantitative estimate of drug-likeness (QED) is 0.891. The average Bonchev–Trinajstić information content (AvgIpc) is 3.09. The highest BCUT2D eigenvalue weighted by atomic mass is 16.4. The van der Waals surface area contributed by atoms with Crippen LogP contribution in [0.5, 0.6) is 0 Å².